The Bertz CT molecular complexity index is 1040. The number of aryl methyl sites for hydroxylation is 2. The maximum atomic E-state index is 6.08. The van der Waals surface area contributed by atoms with Crippen LogP contribution in [0, 0.1) is 6.92 Å². The van der Waals surface area contributed by atoms with Crippen molar-refractivity contribution in [3.05, 3.63) is 81.3 Å². The zero-order chi connectivity index (χ0) is 18.6. The Morgan fingerprint density at radius 2 is 2.00 bits per heavy atom. The summed E-state index contributed by atoms with van der Waals surface area (Å²) in [5, 5.41) is 2.88. The molecule has 0 aliphatic heterocycles. The SMILES string of the molecule is Cc1cc(OCCCn2c(Cc3cccs3)nc3ccccc32)ccc1Cl. The van der Waals surface area contributed by atoms with E-state index in [1.807, 2.05) is 31.2 Å². The summed E-state index contributed by atoms with van der Waals surface area (Å²) in [6.45, 7) is 3.53. The molecule has 0 N–H and O–H groups in total. The molecule has 4 rings (SSSR count). The third kappa shape index (κ3) is 4.18. The van der Waals surface area contributed by atoms with E-state index in [-0.39, 0.29) is 0 Å². The molecule has 0 radical (unpaired) electrons. The monoisotopic (exact) mass is 396 g/mol. The van der Waals surface area contributed by atoms with Gasteiger partial charge in [-0.15, -0.1) is 11.3 Å². The number of benzene rings is 2. The number of para-hydroxylation sites is 2. The number of fused-ring (bicyclic) bond motifs is 1. The van der Waals surface area contributed by atoms with Crippen molar-refractivity contribution in [2.24, 2.45) is 0 Å². The lowest BCUT2D eigenvalue weighted by molar-refractivity contribution is 0.301. The van der Waals surface area contributed by atoms with Crippen molar-refractivity contribution in [3.8, 4) is 5.75 Å². The Morgan fingerprint density at radius 1 is 1.11 bits per heavy atom. The van der Waals surface area contributed by atoms with E-state index in [0.29, 0.717) is 6.61 Å². The van der Waals surface area contributed by atoms with Gasteiger partial charge in [0.05, 0.1) is 17.6 Å². The number of ether oxygens (including phenoxy) is 1. The maximum Gasteiger partial charge on any atom is 0.119 e. The molecule has 0 amide bonds. The first kappa shape index (κ1) is 18.1. The van der Waals surface area contributed by atoms with Gasteiger partial charge in [0.1, 0.15) is 11.6 Å². The third-order valence-electron chi connectivity index (χ3n) is 4.57. The summed E-state index contributed by atoms with van der Waals surface area (Å²) in [4.78, 5) is 6.19. The molecule has 3 nitrogen and oxygen atoms in total. The highest BCUT2D eigenvalue weighted by atomic mass is 35.5. The first-order valence-electron chi connectivity index (χ1n) is 9.06. The van der Waals surface area contributed by atoms with Crippen LogP contribution in [0.3, 0.4) is 0 Å². The number of hydrogen-bond donors (Lipinski definition) is 0. The Hall–Kier alpha value is -2.30. The summed E-state index contributed by atoms with van der Waals surface area (Å²) in [5.41, 5.74) is 3.28. The van der Waals surface area contributed by atoms with Gasteiger partial charge in [0.15, 0.2) is 0 Å². The second kappa shape index (κ2) is 8.15. The lowest BCUT2D eigenvalue weighted by Crippen LogP contribution is -2.08. The van der Waals surface area contributed by atoms with Crippen molar-refractivity contribution in [2.45, 2.75) is 26.3 Å². The quantitative estimate of drug-likeness (QED) is 0.352. The van der Waals surface area contributed by atoms with Crippen molar-refractivity contribution >= 4 is 34.0 Å². The van der Waals surface area contributed by atoms with Crippen LogP contribution < -0.4 is 4.74 Å². The molecule has 0 aliphatic rings. The van der Waals surface area contributed by atoms with E-state index >= 15 is 0 Å². The number of thiophene rings is 1. The van der Waals surface area contributed by atoms with Gasteiger partial charge in [-0.05, 0) is 60.7 Å². The molecule has 2 aromatic carbocycles. The molecule has 0 spiro atoms. The van der Waals surface area contributed by atoms with Gasteiger partial charge in [-0.25, -0.2) is 4.98 Å². The molecule has 5 heteroatoms. The lowest BCUT2D eigenvalue weighted by atomic mass is 10.2. The van der Waals surface area contributed by atoms with Gasteiger partial charge in [-0.1, -0.05) is 29.8 Å². The minimum absolute atomic E-state index is 0.659. The number of aromatic nitrogens is 2. The maximum absolute atomic E-state index is 6.08. The molecule has 2 aromatic heterocycles. The van der Waals surface area contributed by atoms with E-state index in [2.05, 4.69) is 40.3 Å². The summed E-state index contributed by atoms with van der Waals surface area (Å²) in [7, 11) is 0. The van der Waals surface area contributed by atoms with Crippen LogP contribution in [-0.4, -0.2) is 16.2 Å². The molecule has 4 aromatic rings. The number of hydrogen-bond acceptors (Lipinski definition) is 3. The fraction of sp³-hybridized carbons (Fsp3) is 0.227. The van der Waals surface area contributed by atoms with Crippen molar-refractivity contribution < 1.29 is 4.74 Å². The number of imidazole rings is 1. The van der Waals surface area contributed by atoms with Gasteiger partial charge in [-0.3, -0.25) is 0 Å². The molecule has 0 fully saturated rings. The minimum atomic E-state index is 0.659. The Morgan fingerprint density at radius 3 is 2.81 bits per heavy atom. The molecule has 0 saturated carbocycles. The van der Waals surface area contributed by atoms with E-state index < -0.39 is 0 Å². The van der Waals surface area contributed by atoms with Gasteiger partial charge in [-0.2, -0.15) is 0 Å². The zero-order valence-electron chi connectivity index (χ0n) is 15.2. The zero-order valence-corrected chi connectivity index (χ0v) is 16.8. The standard InChI is InChI=1S/C22H21ClN2OS/c1-16-14-17(9-10-19(16)23)26-12-5-11-25-21-8-3-2-7-20(21)24-22(25)15-18-6-4-13-27-18/h2-4,6-10,13-14H,5,11-12,15H2,1H3. The Kier molecular flexibility index (Phi) is 5.46. The summed E-state index contributed by atoms with van der Waals surface area (Å²) < 4.78 is 8.23. The second-order valence-corrected chi connectivity index (χ2v) is 7.98. The van der Waals surface area contributed by atoms with Crippen LogP contribution in [0.5, 0.6) is 5.75 Å². The number of halogens is 1. The summed E-state index contributed by atoms with van der Waals surface area (Å²) >= 11 is 7.85. The molecule has 0 bridgehead atoms. The summed E-state index contributed by atoms with van der Waals surface area (Å²) in [6, 6.07) is 18.4. The second-order valence-electron chi connectivity index (χ2n) is 6.54. The topological polar surface area (TPSA) is 27.1 Å². The fourth-order valence-electron chi connectivity index (χ4n) is 3.20. The molecule has 0 unspecified atom stereocenters. The molecule has 27 heavy (non-hydrogen) atoms. The minimum Gasteiger partial charge on any atom is -0.494 e. The van der Waals surface area contributed by atoms with Crippen LogP contribution >= 0.6 is 22.9 Å². The number of nitrogens with zero attached hydrogens (tertiary/aromatic N) is 2. The Labute approximate surface area is 168 Å². The van der Waals surface area contributed by atoms with Crippen LogP contribution in [-0.2, 0) is 13.0 Å². The highest BCUT2D eigenvalue weighted by Crippen LogP contribution is 2.23. The summed E-state index contributed by atoms with van der Waals surface area (Å²) in [6.07, 6.45) is 1.78. The van der Waals surface area contributed by atoms with Crippen molar-refractivity contribution in [1.29, 1.82) is 0 Å². The van der Waals surface area contributed by atoms with E-state index in [9.17, 15) is 0 Å². The molecular formula is C22H21ClN2OS. The van der Waals surface area contributed by atoms with Crippen molar-refractivity contribution in [1.82, 2.24) is 9.55 Å². The molecule has 0 aliphatic carbocycles. The van der Waals surface area contributed by atoms with Gasteiger partial charge in [0.2, 0.25) is 0 Å². The molecule has 0 atom stereocenters. The largest absolute Gasteiger partial charge is 0.494 e. The molecular weight excluding hydrogens is 376 g/mol. The number of rotatable bonds is 7. The average molecular weight is 397 g/mol. The average Bonchev–Trinajstić information content (AvgIpc) is 3.30. The third-order valence-corrected chi connectivity index (χ3v) is 5.87. The first-order valence-corrected chi connectivity index (χ1v) is 10.3. The predicted molar refractivity (Wildman–Crippen MR) is 113 cm³/mol. The molecule has 0 saturated heterocycles. The first-order chi connectivity index (χ1) is 13.2. The Balaban J connectivity index is 1.46. The van der Waals surface area contributed by atoms with Gasteiger partial charge in [0, 0.05) is 22.9 Å². The van der Waals surface area contributed by atoms with Gasteiger partial charge < -0.3 is 9.30 Å². The van der Waals surface area contributed by atoms with E-state index in [4.69, 9.17) is 21.3 Å². The highest BCUT2D eigenvalue weighted by Gasteiger charge is 2.11. The summed E-state index contributed by atoms with van der Waals surface area (Å²) in [5.74, 6) is 1.98. The normalized spacial score (nSPS) is 11.2. The van der Waals surface area contributed by atoms with Crippen LogP contribution in [0.15, 0.2) is 60.0 Å². The van der Waals surface area contributed by atoms with Crippen LogP contribution in [0.2, 0.25) is 5.02 Å². The van der Waals surface area contributed by atoms with E-state index in [0.717, 1.165) is 47.1 Å². The van der Waals surface area contributed by atoms with Gasteiger partial charge in [0.25, 0.3) is 0 Å². The fourth-order valence-corrected chi connectivity index (χ4v) is 4.02. The molecule has 138 valence electrons. The van der Waals surface area contributed by atoms with Crippen molar-refractivity contribution in [2.75, 3.05) is 6.61 Å². The van der Waals surface area contributed by atoms with E-state index in [1.165, 1.54) is 10.4 Å². The van der Waals surface area contributed by atoms with Gasteiger partial charge >= 0.3 is 0 Å². The lowest BCUT2D eigenvalue weighted by Gasteiger charge is -2.11. The van der Waals surface area contributed by atoms with Crippen LogP contribution in [0.25, 0.3) is 11.0 Å². The van der Waals surface area contributed by atoms with Crippen LogP contribution in [0.4, 0.5) is 0 Å². The van der Waals surface area contributed by atoms with Crippen molar-refractivity contribution in [3.63, 3.8) is 0 Å². The predicted octanol–water partition coefficient (Wildman–Crippen LogP) is 6.12. The van der Waals surface area contributed by atoms with Crippen LogP contribution in [0.1, 0.15) is 22.7 Å². The highest BCUT2D eigenvalue weighted by molar-refractivity contribution is 7.09. The van der Waals surface area contributed by atoms with E-state index in [1.54, 1.807) is 11.3 Å². The smallest absolute Gasteiger partial charge is 0.119 e. The molecule has 2 heterocycles.